The Balaban J connectivity index is 1.50. The lowest BCUT2D eigenvalue weighted by Crippen LogP contribution is -2.19. The Kier molecular flexibility index (Phi) is 4.54. The molecule has 0 bridgehead atoms. The van der Waals surface area contributed by atoms with E-state index in [0.717, 1.165) is 53.5 Å². The van der Waals surface area contributed by atoms with Crippen LogP contribution in [-0.2, 0) is 24.2 Å². The van der Waals surface area contributed by atoms with Crippen LogP contribution in [0.25, 0.3) is 16.6 Å². The maximum absolute atomic E-state index is 13.1. The second-order valence-corrected chi connectivity index (χ2v) is 7.66. The highest BCUT2D eigenvalue weighted by atomic mass is 16.5. The third-order valence-corrected chi connectivity index (χ3v) is 5.66. The molecule has 0 saturated carbocycles. The Morgan fingerprint density at radius 3 is 2.80 bits per heavy atom. The lowest BCUT2D eigenvalue weighted by molar-refractivity contribution is 0.0468. The molecule has 1 aliphatic rings. The van der Waals surface area contributed by atoms with Gasteiger partial charge in [0.15, 0.2) is 0 Å². The second-order valence-electron chi connectivity index (χ2n) is 7.66. The van der Waals surface area contributed by atoms with E-state index >= 15 is 0 Å². The van der Waals surface area contributed by atoms with Gasteiger partial charge in [0.2, 0.25) is 0 Å². The highest BCUT2D eigenvalue weighted by Gasteiger charge is 2.23. The van der Waals surface area contributed by atoms with Gasteiger partial charge in [0, 0.05) is 22.8 Å². The van der Waals surface area contributed by atoms with Crippen molar-refractivity contribution in [2.24, 2.45) is 0 Å². The van der Waals surface area contributed by atoms with Gasteiger partial charge in [-0.05, 0) is 56.4 Å². The minimum absolute atomic E-state index is 0.0516. The number of hydrogen-bond donors (Lipinski definition) is 0. The van der Waals surface area contributed by atoms with Gasteiger partial charge in [0.05, 0.1) is 16.8 Å². The number of ether oxygens (including phenoxy) is 1. The van der Waals surface area contributed by atoms with Gasteiger partial charge in [-0.2, -0.15) is 0 Å². The van der Waals surface area contributed by atoms with Crippen LogP contribution in [-0.4, -0.2) is 20.3 Å². The van der Waals surface area contributed by atoms with Gasteiger partial charge in [0.25, 0.3) is 5.56 Å². The summed E-state index contributed by atoms with van der Waals surface area (Å²) < 4.78 is 7.18. The van der Waals surface area contributed by atoms with Crippen LogP contribution < -0.4 is 5.56 Å². The van der Waals surface area contributed by atoms with Crippen molar-refractivity contribution in [2.45, 2.75) is 39.2 Å². The van der Waals surface area contributed by atoms with Gasteiger partial charge in [-0.15, -0.1) is 0 Å². The molecule has 30 heavy (non-hydrogen) atoms. The zero-order valence-corrected chi connectivity index (χ0v) is 16.7. The molecule has 0 unspecified atom stereocenters. The van der Waals surface area contributed by atoms with Gasteiger partial charge in [-0.3, -0.25) is 14.2 Å². The van der Waals surface area contributed by atoms with E-state index in [2.05, 4.69) is 4.98 Å². The van der Waals surface area contributed by atoms with Crippen molar-refractivity contribution in [3.8, 4) is 0 Å². The number of pyridine rings is 2. The van der Waals surface area contributed by atoms with Crippen LogP contribution in [0.15, 0.2) is 53.3 Å². The van der Waals surface area contributed by atoms with Gasteiger partial charge in [0.1, 0.15) is 12.3 Å². The van der Waals surface area contributed by atoms with Gasteiger partial charge in [-0.25, -0.2) is 9.78 Å². The normalized spacial score (nSPS) is 13.4. The van der Waals surface area contributed by atoms with Crippen LogP contribution in [0.4, 0.5) is 0 Å². The molecule has 6 nitrogen and oxygen atoms in total. The number of aromatic nitrogens is 3. The first kappa shape index (κ1) is 18.5. The molecule has 0 saturated heterocycles. The lowest BCUT2D eigenvalue weighted by atomic mass is 9.90. The summed E-state index contributed by atoms with van der Waals surface area (Å²) in [6.07, 6.45) is 3.82. The monoisotopic (exact) mass is 399 g/mol. The summed E-state index contributed by atoms with van der Waals surface area (Å²) in [5, 5.41) is 0.810. The summed E-state index contributed by atoms with van der Waals surface area (Å²) in [7, 11) is 0. The highest BCUT2D eigenvalue weighted by Crippen LogP contribution is 2.30. The smallest absolute Gasteiger partial charge is 0.339 e. The molecular formula is C24H21N3O3. The van der Waals surface area contributed by atoms with Gasteiger partial charge < -0.3 is 4.74 Å². The van der Waals surface area contributed by atoms with Crippen molar-refractivity contribution in [3.63, 3.8) is 0 Å². The summed E-state index contributed by atoms with van der Waals surface area (Å²) in [6, 6.07) is 14.6. The molecule has 3 aromatic heterocycles. The number of benzene rings is 1. The third kappa shape index (κ3) is 3.14. The predicted molar refractivity (Wildman–Crippen MR) is 114 cm³/mol. The van der Waals surface area contributed by atoms with E-state index < -0.39 is 5.97 Å². The van der Waals surface area contributed by atoms with Crippen LogP contribution in [0.2, 0.25) is 0 Å². The molecule has 3 heterocycles. The summed E-state index contributed by atoms with van der Waals surface area (Å²) in [5.74, 6) is -0.391. The number of fused-ring (bicyclic) bond motifs is 3. The van der Waals surface area contributed by atoms with Crippen molar-refractivity contribution in [3.05, 3.63) is 87.1 Å². The molecule has 0 aliphatic heterocycles. The number of carbonyl (C=O) groups is 1. The molecule has 0 amide bonds. The molecule has 0 radical (unpaired) electrons. The fraction of sp³-hybridized carbons (Fsp3) is 0.250. The summed E-state index contributed by atoms with van der Waals surface area (Å²) in [6.45, 7) is 1.80. The van der Waals surface area contributed by atoms with Crippen LogP contribution >= 0.6 is 0 Å². The van der Waals surface area contributed by atoms with Crippen molar-refractivity contribution in [1.82, 2.24) is 14.4 Å². The maximum atomic E-state index is 13.1. The SMILES string of the molecule is Cc1cccc2nc(COC(=O)c3c4c(nc5ccccc35)CCCC4)cc(=O)n12. The van der Waals surface area contributed by atoms with Crippen molar-refractivity contribution in [1.29, 1.82) is 0 Å². The molecule has 0 N–H and O–H groups in total. The molecule has 0 spiro atoms. The predicted octanol–water partition coefficient (Wildman–Crippen LogP) is 3.79. The average Bonchev–Trinajstić information content (AvgIpc) is 2.75. The highest BCUT2D eigenvalue weighted by molar-refractivity contribution is 6.05. The first-order valence-electron chi connectivity index (χ1n) is 10.2. The molecule has 0 fully saturated rings. The van der Waals surface area contributed by atoms with Crippen molar-refractivity contribution < 1.29 is 9.53 Å². The van der Waals surface area contributed by atoms with E-state index in [9.17, 15) is 9.59 Å². The summed E-state index contributed by atoms with van der Waals surface area (Å²) in [4.78, 5) is 34.9. The van der Waals surface area contributed by atoms with Crippen LogP contribution in [0, 0.1) is 6.92 Å². The topological polar surface area (TPSA) is 73.6 Å². The Labute approximate surface area is 173 Å². The number of para-hydroxylation sites is 1. The third-order valence-electron chi connectivity index (χ3n) is 5.66. The summed E-state index contributed by atoms with van der Waals surface area (Å²) >= 11 is 0. The number of aryl methyl sites for hydroxylation is 2. The molecule has 0 atom stereocenters. The summed E-state index contributed by atoms with van der Waals surface area (Å²) in [5.41, 5.74) is 4.99. The fourth-order valence-electron chi connectivity index (χ4n) is 4.25. The molecule has 4 aromatic rings. The molecular weight excluding hydrogens is 378 g/mol. The number of hydrogen-bond acceptors (Lipinski definition) is 5. The average molecular weight is 399 g/mol. The van der Waals surface area contributed by atoms with Crippen LogP contribution in [0.5, 0.6) is 0 Å². The Bertz CT molecular complexity index is 1360. The zero-order valence-electron chi connectivity index (χ0n) is 16.7. The van der Waals surface area contributed by atoms with Crippen LogP contribution in [0.3, 0.4) is 0 Å². The number of esters is 1. The molecule has 6 heteroatoms. The number of carbonyl (C=O) groups excluding carboxylic acids is 1. The first-order chi connectivity index (χ1) is 14.6. The molecule has 5 rings (SSSR count). The minimum Gasteiger partial charge on any atom is -0.456 e. The second kappa shape index (κ2) is 7.37. The lowest BCUT2D eigenvalue weighted by Gasteiger charge is -2.20. The number of nitrogens with zero attached hydrogens (tertiary/aromatic N) is 3. The van der Waals surface area contributed by atoms with Gasteiger partial charge in [-0.1, -0.05) is 24.3 Å². The van der Waals surface area contributed by atoms with Crippen LogP contribution in [0.1, 0.15) is 45.8 Å². The van der Waals surface area contributed by atoms with E-state index in [1.807, 2.05) is 43.3 Å². The van der Waals surface area contributed by atoms with Crippen molar-refractivity contribution in [2.75, 3.05) is 0 Å². The van der Waals surface area contributed by atoms with Crippen molar-refractivity contribution >= 4 is 22.5 Å². The van der Waals surface area contributed by atoms with E-state index in [1.54, 1.807) is 6.07 Å². The molecule has 1 aromatic carbocycles. The van der Waals surface area contributed by atoms with E-state index in [-0.39, 0.29) is 12.2 Å². The zero-order chi connectivity index (χ0) is 20.7. The standard InChI is InChI=1S/C24H21N3O3/c1-15-7-6-12-21-25-16(13-22(28)27(15)21)14-30-24(29)23-17-8-2-4-10-19(17)26-20-11-5-3-9-18(20)23/h2,4,6-8,10,12-13H,3,5,9,11,14H2,1H3. The molecule has 1 aliphatic carbocycles. The van der Waals surface area contributed by atoms with Gasteiger partial charge >= 0.3 is 5.97 Å². The Morgan fingerprint density at radius 1 is 1.07 bits per heavy atom. The quantitative estimate of drug-likeness (QED) is 0.490. The van der Waals surface area contributed by atoms with E-state index in [1.165, 1.54) is 10.5 Å². The largest absolute Gasteiger partial charge is 0.456 e. The van der Waals surface area contributed by atoms with E-state index in [4.69, 9.17) is 9.72 Å². The number of rotatable bonds is 3. The molecule has 150 valence electrons. The first-order valence-corrected chi connectivity index (χ1v) is 10.2. The Morgan fingerprint density at radius 2 is 1.90 bits per heavy atom. The van der Waals surface area contributed by atoms with E-state index in [0.29, 0.717) is 16.9 Å². The fourth-order valence-corrected chi connectivity index (χ4v) is 4.25. The Hall–Kier alpha value is -3.54. The maximum Gasteiger partial charge on any atom is 0.339 e. The minimum atomic E-state index is -0.391.